The molecule has 1 heterocycles. The number of rotatable bonds is 6. The van der Waals surface area contributed by atoms with Gasteiger partial charge < -0.3 is 19.9 Å². The molecule has 1 fully saturated rings. The second-order valence-electron chi connectivity index (χ2n) is 7.12. The van der Waals surface area contributed by atoms with Gasteiger partial charge in [0, 0.05) is 11.3 Å². The van der Waals surface area contributed by atoms with E-state index in [2.05, 4.69) is 17.4 Å². The number of carbonyl (C=O) groups is 1. The fourth-order valence-corrected chi connectivity index (χ4v) is 3.41. The maximum absolute atomic E-state index is 12.2. The minimum absolute atomic E-state index is 0.0995. The number of nitrogens with one attached hydrogen (secondary N) is 3. The number of piperazine rings is 1. The Kier molecular flexibility index (Phi) is 6.26. The van der Waals surface area contributed by atoms with E-state index < -0.39 is 0 Å². The minimum Gasteiger partial charge on any atom is -0.497 e. The van der Waals surface area contributed by atoms with E-state index in [1.54, 1.807) is 12.0 Å². The van der Waals surface area contributed by atoms with Gasteiger partial charge in [0.15, 0.2) is 6.54 Å². The zero-order valence-corrected chi connectivity index (χ0v) is 15.7. The monoisotopic (exact) mass is 355 g/mol. The maximum atomic E-state index is 12.2. The molecule has 0 atom stereocenters. The molecule has 0 unspecified atom stereocenters. The molecule has 0 radical (unpaired) electrons. The topological polar surface area (TPSA) is 47.2 Å². The molecular formula is C21H29N3O2+2. The van der Waals surface area contributed by atoms with E-state index in [1.165, 1.54) is 16.0 Å². The van der Waals surface area contributed by atoms with Gasteiger partial charge >= 0.3 is 0 Å². The highest BCUT2D eigenvalue weighted by molar-refractivity contribution is 5.91. The highest BCUT2D eigenvalue weighted by atomic mass is 16.5. The highest BCUT2D eigenvalue weighted by Crippen LogP contribution is 2.10. The predicted molar refractivity (Wildman–Crippen MR) is 103 cm³/mol. The van der Waals surface area contributed by atoms with Gasteiger partial charge in [-0.1, -0.05) is 17.7 Å². The smallest absolute Gasteiger partial charge is 0.279 e. The first-order valence-corrected chi connectivity index (χ1v) is 9.29. The third-order valence-electron chi connectivity index (χ3n) is 5.02. The molecular weight excluding hydrogens is 326 g/mol. The van der Waals surface area contributed by atoms with Gasteiger partial charge in [-0.25, -0.2) is 0 Å². The van der Waals surface area contributed by atoms with Gasteiger partial charge in [-0.2, -0.15) is 0 Å². The maximum Gasteiger partial charge on any atom is 0.279 e. The minimum atomic E-state index is 0.0995. The summed E-state index contributed by atoms with van der Waals surface area (Å²) in [5.74, 6) is 1.00. The molecule has 0 aliphatic carbocycles. The molecule has 1 aliphatic heterocycles. The van der Waals surface area contributed by atoms with Gasteiger partial charge in [-0.15, -0.1) is 0 Å². The second-order valence-corrected chi connectivity index (χ2v) is 7.12. The molecule has 0 bridgehead atoms. The summed E-state index contributed by atoms with van der Waals surface area (Å²) in [6.07, 6.45) is 0. The number of ether oxygens (including phenoxy) is 1. The number of hydrogen-bond donors (Lipinski definition) is 3. The van der Waals surface area contributed by atoms with E-state index in [-0.39, 0.29) is 5.91 Å². The van der Waals surface area contributed by atoms with Gasteiger partial charge in [-0.05, 0) is 43.3 Å². The fourth-order valence-electron chi connectivity index (χ4n) is 3.41. The van der Waals surface area contributed by atoms with E-state index in [9.17, 15) is 4.79 Å². The third kappa shape index (κ3) is 5.31. The SMILES string of the molecule is COc1ccc(C[NH+]2CC[NH+](CC(=O)Nc3ccc(C)cc3)CC2)cc1. The van der Waals surface area contributed by atoms with Gasteiger partial charge in [-0.3, -0.25) is 4.79 Å². The van der Waals surface area contributed by atoms with Crippen molar-refractivity contribution in [2.45, 2.75) is 13.5 Å². The lowest BCUT2D eigenvalue weighted by Crippen LogP contribution is -3.28. The standard InChI is InChI=1S/C21H27N3O2/c1-17-3-7-19(8-4-17)22-21(25)16-24-13-11-23(12-14-24)15-18-5-9-20(26-2)10-6-18/h3-10H,11-16H2,1-2H3,(H,22,25)/p+2. The molecule has 2 aromatic rings. The van der Waals surface area contributed by atoms with Gasteiger partial charge in [0.2, 0.25) is 0 Å². The Morgan fingerprint density at radius 3 is 2.19 bits per heavy atom. The van der Waals surface area contributed by atoms with Crippen LogP contribution in [-0.2, 0) is 11.3 Å². The van der Waals surface area contributed by atoms with Crippen molar-refractivity contribution in [2.24, 2.45) is 0 Å². The molecule has 3 rings (SSSR count). The zero-order chi connectivity index (χ0) is 18.4. The van der Waals surface area contributed by atoms with Crippen molar-refractivity contribution in [3.63, 3.8) is 0 Å². The summed E-state index contributed by atoms with van der Waals surface area (Å²) in [6, 6.07) is 16.3. The lowest BCUT2D eigenvalue weighted by molar-refractivity contribution is -1.02. The van der Waals surface area contributed by atoms with Crippen molar-refractivity contribution in [3.05, 3.63) is 59.7 Å². The molecule has 138 valence electrons. The molecule has 0 spiro atoms. The van der Waals surface area contributed by atoms with E-state index in [0.29, 0.717) is 6.54 Å². The summed E-state index contributed by atoms with van der Waals surface area (Å²) in [5.41, 5.74) is 3.41. The predicted octanol–water partition coefficient (Wildman–Crippen LogP) is -0.0743. The fraction of sp³-hybridized carbons (Fsp3) is 0.381. The number of quaternary nitrogens is 2. The Morgan fingerprint density at radius 1 is 0.962 bits per heavy atom. The number of methoxy groups -OCH3 is 1. The van der Waals surface area contributed by atoms with Crippen LogP contribution in [0.3, 0.4) is 0 Å². The van der Waals surface area contributed by atoms with Crippen molar-refractivity contribution >= 4 is 11.6 Å². The van der Waals surface area contributed by atoms with Crippen LogP contribution in [-0.4, -0.2) is 45.7 Å². The van der Waals surface area contributed by atoms with Crippen molar-refractivity contribution < 1.29 is 19.3 Å². The molecule has 2 aromatic carbocycles. The van der Waals surface area contributed by atoms with Crippen LogP contribution in [0.1, 0.15) is 11.1 Å². The molecule has 5 heteroatoms. The zero-order valence-electron chi connectivity index (χ0n) is 15.7. The van der Waals surface area contributed by atoms with Crippen molar-refractivity contribution in [2.75, 3.05) is 45.2 Å². The van der Waals surface area contributed by atoms with Gasteiger partial charge in [0.1, 0.15) is 38.5 Å². The van der Waals surface area contributed by atoms with Gasteiger partial charge in [0.05, 0.1) is 7.11 Å². The Bertz CT molecular complexity index is 705. The quantitative estimate of drug-likeness (QED) is 0.679. The molecule has 1 amide bonds. The summed E-state index contributed by atoms with van der Waals surface area (Å²) in [5, 5.41) is 3.00. The van der Waals surface area contributed by atoms with Crippen LogP contribution in [0, 0.1) is 6.92 Å². The van der Waals surface area contributed by atoms with Crippen LogP contribution in [0.4, 0.5) is 5.69 Å². The number of carbonyl (C=O) groups excluding carboxylic acids is 1. The van der Waals surface area contributed by atoms with Crippen LogP contribution in [0.25, 0.3) is 0 Å². The van der Waals surface area contributed by atoms with E-state index in [0.717, 1.165) is 44.2 Å². The largest absolute Gasteiger partial charge is 0.497 e. The Morgan fingerprint density at radius 2 is 1.58 bits per heavy atom. The summed E-state index contributed by atoms with van der Waals surface area (Å²) in [7, 11) is 1.69. The van der Waals surface area contributed by atoms with Crippen LogP contribution in [0.15, 0.2) is 48.5 Å². The molecule has 5 nitrogen and oxygen atoms in total. The number of aryl methyl sites for hydroxylation is 1. The van der Waals surface area contributed by atoms with Gasteiger partial charge in [0.25, 0.3) is 5.91 Å². The lowest BCUT2D eigenvalue weighted by Gasteiger charge is -2.29. The van der Waals surface area contributed by atoms with E-state index in [1.807, 2.05) is 43.3 Å². The van der Waals surface area contributed by atoms with Crippen molar-refractivity contribution in [1.29, 1.82) is 0 Å². The van der Waals surface area contributed by atoms with Crippen LogP contribution < -0.4 is 19.9 Å². The van der Waals surface area contributed by atoms with Crippen molar-refractivity contribution in [1.82, 2.24) is 0 Å². The third-order valence-corrected chi connectivity index (χ3v) is 5.02. The Labute approximate surface area is 155 Å². The summed E-state index contributed by atoms with van der Waals surface area (Å²) < 4.78 is 5.21. The number of anilines is 1. The molecule has 0 aromatic heterocycles. The molecule has 1 aliphatic rings. The average molecular weight is 355 g/mol. The summed E-state index contributed by atoms with van der Waals surface area (Å²) in [4.78, 5) is 15.2. The normalized spacial score (nSPS) is 19.8. The van der Waals surface area contributed by atoms with Crippen LogP contribution in [0.2, 0.25) is 0 Å². The Balaban J connectivity index is 1.41. The number of benzene rings is 2. The van der Waals surface area contributed by atoms with Crippen LogP contribution in [0.5, 0.6) is 5.75 Å². The molecule has 0 saturated carbocycles. The van der Waals surface area contributed by atoms with Crippen LogP contribution >= 0.6 is 0 Å². The second kappa shape index (κ2) is 8.83. The first-order valence-electron chi connectivity index (χ1n) is 9.29. The lowest BCUT2D eigenvalue weighted by atomic mass is 10.2. The summed E-state index contributed by atoms with van der Waals surface area (Å²) >= 11 is 0. The first kappa shape index (κ1) is 18.4. The number of amides is 1. The number of hydrogen-bond acceptors (Lipinski definition) is 2. The molecule has 3 N–H and O–H groups in total. The van der Waals surface area contributed by atoms with E-state index >= 15 is 0 Å². The highest BCUT2D eigenvalue weighted by Gasteiger charge is 2.24. The summed E-state index contributed by atoms with van der Waals surface area (Å²) in [6.45, 7) is 7.89. The molecule has 26 heavy (non-hydrogen) atoms. The first-order chi connectivity index (χ1) is 12.6. The Hall–Kier alpha value is -2.37. The van der Waals surface area contributed by atoms with Crippen molar-refractivity contribution in [3.8, 4) is 5.75 Å². The molecule has 1 saturated heterocycles. The van der Waals surface area contributed by atoms with E-state index in [4.69, 9.17) is 4.74 Å². The average Bonchev–Trinajstić information content (AvgIpc) is 2.66.